The molecule has 5 N–H and O–H groups in total. The molecule has 66 valence electrons. The number of hydrogen-bond donors (Lipinski definition) is 3. The Labute approximate surface area is 69.5 Å². The van der Waals surface area contributed by atoms with E-state index in [0.717, 1.165) is 0 Å². The summed E-state index contributed by atoms with van der Waals surface area (Å²) < 4.78 is 4.33. The van der Waals surface area contributed by atoms with Gasteiger partial charge in [0.25, 0.3) is 0 Å². The van der Waals surface area contributed by atoms with Crippen LogP contribution >= 0.6 is 0 Å². The summed E-state index contributed by atoms with van der Waals surface area (Å²) in [6, 6.07) is 8.35. The molecule has 0 unspecified atom stereocenters. The van der Waals surface area contributed by atoms with Gasteiger partial charge in [0.2, 0.25) is 0 Å². The zero-order chi connectivity index (χ0) is 9.40. The molecule has 0 radical (unpaired) electrons. The number of rotatable bonds is 1. The summed E-state index contributed by atoms with van der Waals surface area (Å²) in [5.74, 6) is 8.34. The molecule has 1 aromatic rings. The lowest BCUT2D eigenvalue weighted by atomic mass is 10.3. The zero-order valence-corrected chi connectivity index (χ0v) is 6.31. The molecule has 0 aromatic heterocycles. The topological polar surface area (TPSA) is 98.6 Å². The lowest BCUT2D eigenvalue weighted by Crippen LogP contribution is -2.02. The van der Waals surface area contributed by atoms with Crippen molar-refractivity contribution in [3.8, 4) is 5.75 Å². The van der Waals surface area contributed by atoms with E-state index in [2.05, 4.69) is 16.4 Å². The van der Waals surface area contributed by atoms with E-state index in [9.17, 15) is 4.79 Å². The molecule has 0 aliphatic rings. The van der Waals surface area contributed by atoms with Crippen LogP contribution in [0.3, 0.4) is 0 Å². The first kappa shape index (κ1) is 10.4. The van der Waals surface area contributed by atoms with Crippen molar-refractivity contribution < 1.29 is 14.6 Å². The molecule has 1 rings (SSSR count). The Bertz CT molecular complexity index is 225. The number of carboxylic acid groups (broad SMARTS) is 1. The van der Waals surface area contributed by atoms with Crippen molar-refractivity contribution in [3.05, 3.63) is 30.3 Å². The molecule has 0 fully saturated rings. The van der Waals surface area contributed by atoms with E-state index in [4.69, 9.17) is 5.11 Å². The van der Waals surface area contributed by atoms with Gasteiger partial charge < -0.3 is 9.84 Å². The average molecular weight is 170 g/mol. The Morgan fingerprint density at radius 3 is 2.17 bits per heavy atom. The van der Waals surface area contributed by atoms with Crippen LogP contribution in [-0.2, 0) is 0 Å². The average Bonchev–Trinajstić information content (AvgIpc) is 2.08. The number of para-hydroxylation sites is 1. The van der Waals surface area contributed by atoms with Crippen LogP contribution < -0.4 is 16.4 Å². The molecule has 1 aromatic carbocycles. The molecule has 12 heavy (non-hydrogen) atoms. The molecule has 0 amide bonds. The van der Waals surface area contributed by atoms with E-state index in [1.54, 1.807) is 30.3 Å². The Morgan fingerprint density at radius 1 is 1.25 bits per heavy atom. The maximum atomic E-state index is 9.95. The van der Waals surface area contributed by atoms with Crippen molar-refractivity contribution >= 4 is 6.16 Å². The monoisotopic (exact) mass is 170 g/mol. The Hall–Kier alpha value is -1.59. The molecule has 0 bridgehead atoms. The third-order valence-electron chi connectivity index (χ3n) is 0.948. The smallest absolute Gasteiger partial charge is 0.449 e. The van der Waals surface area contributed by atoms with Gasteiger partial charge in [0, 0.05) is 0 Å². The van der Waals surface area contributed by atoms with Gasteiger partial charge in [-0.15, -0.1) is 0 Å². The number of carbonyl (C=O) groups is 1. The van der Waals surface area contributed by atoms with E-state index in [1.165, 1.54) is 0 Å². The highest BCUT2D eigenvalue weighted by Crippen LogP contribution is 2.07. The molecule has 5 nitrogen and oxygen atoms in total. The normalized spacial score (nSPS) is 7.83. The van der Waals surface area contributed by atoms with Crippen LogP contribution in [0.1, 0.15) is 0 Å². The van der Waals surface area contributed by atoms with Crippen molar-refractivity contribution in [1.82, 2.24) is 0 Å². The summed E-state index contributed by atoms with van der Waals surface area (Å²) in [5.41, 5.74) is 0. The minimum atomic E-state index is -1.29. The highest BCUT2D eigenvalue weighted by atomic mass is 16.7. The highest BCUT2D eigenvalue weighted by Gasteiger charge is 1.96. The Balaban J connectivity index is 0.000000561. The molecular weight excluding hydrogens is 160 g/mol. The van der Waals surface area contributed by atoms with Gasteiger partial charge in [-0.3, -0.25) is 11.7 Å². The summed E-state index contributed by atoms with van der Waals surface area (Å²) in [5, 5.41) is 8.14. The van der Waals surface area contributed by atoms with Gasteiger partial charge in [-0.2, -0.15) is 0 Å². The van der Waals surface area contributed by atoms with Crippen LogP contribution in [0, 0.1) is 0 Å². The van der Waals surface area contributed by atoms with Gasteiger partial charge in [0.05, 0.1) is 0 Å². The van der Waals surface area contributed by atoms with Gasteiger partial charge in [-0.05, 0) is 12.1 Å². The summed E-state index contributed by atoms with van der Waals surface area (Å²) in [4.78, 5) is 9.95. The van der Waals surface area contributed by atoms with Gasteiger partial charge >= 0.3 is 6.16 Å². The van der Waals surface area contributed by atoms with Crippen molar-refractivity contribution in [1.29, 1.82) is 0 Å². The van der Waals surface area contributed by atoms with Gasteiger partial charge in [-0.25, -0.2) is 4.79 Å². The van der Waals surface area contributed by atoms with Gasteiger partial charge in [-0.1, -0.05) is 18.2 Å². The van der Waals surface area contributed by atoms with E-state index in [0.29, 0.717) is 5.75 Å². The summed E-state index contributed by atoms with van der Waals surface area (Å²) in [6.45, 7) is 0. The second kappa shape index (κ2) is 6.14. The zero-order valence-electron chi connectivity index (χ0n) is 6.31. The van der Waals surface area contributed by atoms with Crippen LogP contribution in [0.4, 0.5) is 4.79 Å². The molecule has 5 heteroatoms. The molecule has 0 spiro atoms. The first-order valence-electron chi connectivity index (χ1n) is 3.08. The summed E-state index contributed by atoms with van der Waals surface area (Å²) >= 11 is 0. The van der Waals surface area contributed by atoms with E-state index >= 15 is 0 Å². The van der Waals surface area contributed by atoms with Crippen LogP contribution in [0.25, 0.3) is 0 Å². The maximum Gasteiger partial charge on any atom is 0.511 e. The summed E-state index contributed by atoms with van der Waals surface area (Å²) in [7, 11) is 0. The van der Waals surface area contributed by atoms with Crippen LogP contribution in [-0.4, -0.2) is 11.3 Å². The number of benzene rings is 1. The molecule has 0 saturated heterocycles. The maximum absolute atomic E-state index is 9.95. The minimum absolute atomic E-state index is 0.343. The predicted molar refractivity (Wildman–Crippen MR) is 43.5 cm³/mol. The molecular formula is C7H10N2O3. The summed E-state index contributed by atoms with van der Waals surface area (Å²) in [6.07, 6.45) is -1.29. The Morgan fingerprint density at radius 2 is 1.75 bits per heavy atom. The second-order valence-electron chi connectivity index (χ2n) is 1.68. The number of hydrogen-bond acceptors (Lipinski definition) is 4. The third kappa shape index (κ3) is 4.26. The number of nitrogens with two attached hydrogens (primary N) is 2. The standard InChI is InChI=1S/C7H6O3.H4N2/c8-7(9)10-6-4-2-1-3-5-6;1-2/h1-5H,(H,8,9);1-2H2. The minimum Gasteiger partial charge on any atom is -0.449 e. The van der Waals surface area contributed by atoms with Gasteiger partial charge in [0.15, 0.2) is 0 Å². The van der Waals surface area contributed by atoms with E-state index in [1.807, 2.05) is 0 Å². The van der Waals surface area contributed by atoms with Gasteiger partial charge in [0.1, 0.15) is 5.75 Å². The fourth-order valence-corrected chi connectivity index (χ4v) is 0.589. The molecule has 0 atom stereocenters. The van der Waals surface area contributed by atoms with Crippen molar-refractivity contribution in [2.75, 3.05) is 0 Å². The molecule has 0 heterocycles. The van der Waals surface area contributed by atoms with Crippen LogP contribution in [0.15, 0.2) is 30.3 Å². The Kier molecular flexibility index (Phi) is 5.33. The second-order valence-corrected chi connectivity index (χ2v) is 1.68. The quantitative estimate of drug-likeness (QED) is 0.247. The molecule has 0 aliphatic heterocycles. The van der Waals surface area contributed by atoms with Crippen LogP contribution in [0.5, 0.6) is 5.75 Å². The lowest BCUT2D eigenvalue weighted by Gasteiger charge is -1.95. The predicted octanol–water partition coefficient (Wildman–Crippen LogP) is 0.562. The van der Waals surface area contributed by atoms with Crippen molar-refractivity contribution in [2.24, 2.45) is 11.7 Å². The number of ether oxygens (including phenoxy) is 1. The largest absolute Gasteiger partial charge is 0.511 e. The lowest BCUT2D eigenvalue weighted by molar-refractivity contribution is 0.144. The fraction of sp³-hybridized carbons (Fsp3) is 0. The fourth-order valence-electron chi connectivity index (χ4n) is 0.589. The molecule has 0 saturated carbocycles. The van der Waals surface area contributed by atoms with E-state index in [-0.39, 0.29) is 0 Å². The van der Waals surface area contributed by atoms with Crippen molar-refractivity contribution in [3.63, 3.8) is 0 Å². The van der Waals surface area contributed by atoms with Crippen molar-refractivity contribution in [2.45, 2.75) is 0 Å². The third-order valence-corrected chi connectivity index (χ3v) is 0.948. The number of hydrazine groups is 1. The highest BCUT2D eigenvalue weighted by molar-refractivity contribution is 5.60. The first-order valence-corrected chi connectivity index (χ1v) is 3.08. The first-order chi connectivity index (χ1) is 5.79. The molecule has 0 aliphatic carbocycles. The van der Waals surface area contributed by atoms with Crippen LogP contribution in [0.2, 0.25) is 0 Å². The SMILES string of the molecule is NN.O=C(O)Oc1ccccc1. The van der Waals surface area contributed by atoms with E-state index < -0.39 is 6.16 Å².